The molecule has 0 saturated heterocycles. The highest BCUT2D eigenvalue weighted by molar-refractivity contribution is 5.94. The van der Waals surface area contributed by atoms with Gasteiger partial charge < -0.3 is 19.6 Å². The summed E-state index contributed by atoms with van der Waals surface area (Å²) in [5, 5.41) is 11.9. The number of pyridine rings is 1. The van der Waals surface area contributed by atoms with Gasteiger partial charge in [0, 0.05) is 19.3 Å². The van der Waals surface area contributed by atoms with Crippen LogP contribution in [0, 0.1) is 0 Å². The highest BCUT2D eigenvalue weighted by Crippen LogP contribution is 2.08. The molecule has 20 heavy (non-hydrogen) atoms. The minimum Gasteiger partial charge on any atom is -0.506 e. The summed E-state index contributed by atoms with van der Waals surface area (Å²) in [5.74, 6) is 0.485. The number of amides is 1. The van der Waals surface area contributed by atoms with Gasteiger partial charge in [0.05, 0.1) is 18.0 Å². The lowest BCUT2D eigenvalue weighted by Gasteiger charge is -2.05. The molecule has 0 aromatic carbocycles. The predicted molar refractivity (Wildman–Crippen MR) is 71.2 cm³/mol. The fourth-order valence-electron chi connectivity index (χ4n) is 1.60. The van der Waals surface area contributed by atoms with Gasteiger partial charge in [0.25, 0.3) is 5.91 Å². The van der Waals surface area contributed by atoms with Crippen molar-refractivity contribution in [3.8, 4) is 5.75 Å². The molecular weight excluding hydrogens is 260 g/mol. The number of ether oxygens (including phenoxy) is 1. The van der Waals surface area contributed by atoms with Crippen LogP contribution in [0.1, 0.15) is 22.5 Å². The first kappa shape index (κ1) is 14.1. The summed E-state index contributed by atoms with van der Waals surface area (Å²) in [6.07, 6.45) is 4.97. The van der Waals surface area contributed by atoms with Crippen LogP contribution in [0.25, 0.3) is 0 Å². The first-order chi connectivity index (χ1) is 9.75. The lowest BCUT2D eigenvalue weighted by Crippen LogP contribution is -2.25. The van der Waals surface area contributed by atoms with Crippen molar-refractivity contribution >= 4 is 5.91 Å². The number of aromatic hydroxyl groups is 1. The third-order valence-corrected chi connectivity index (χ3v) is 2.56. The Kier molecular flexibility index (Phi) is 5.14. The van der Waals surface area contributed by atoms with Gasteiger partial charge in [-0.2, -0.15) is 0 Å². The van der Waals surface area contributed by atoms with Gasteiger partial charge in [-0.05, 0) is 24.6 Å². The maximum atomic E-state index is 11.7. The van der Waals surface area contributed by atoms with Gasteiger partial charge in [-0.1, -0.05) is 0 Å². The molecule has 0 fully saturated rings. The first-order valence-corrected chi connectivity index (χ1v) is 6.28. The van der Waals surface area contributed by atoms with Gasteiger partial charge in [-0.15, -0.1) is 0 Å². The molecule has 0 aliphatic heterocycles. The maximum Gasteiger partial charge on any atom is 0.252 e. The van der Waals surface area contributed by atoms with Crippen LogP contribution in [-0.4, -0.2) is 29.1 Å². The Balaban J connectivity index is 1.60. The van der Waals surface area contributed by atoms with E-state index in [2.05, 4.69) is 10.3 Å². The van der Waals surface area contributed by atoms with Gasteiger partial charge in [0.2, 0.25) is 0 Å². The molecule has 0 saturated carbocycles. The van der Waals surface area contributed by atoms with Gasteiger partial charge in [0.1, 0.15) is 18.1 Å². The number of carbonyl (C=O) groups excluding carboxylic acids is 1. The molecule has 2 heterocycles. The molecule has 1 amide bonds. The van der Waals surface area contributed by atoms with Gasteiger partial charge in [0.15, 0.2) is 0 Å². The normalized spacial score (nSPS) is 10.4. The average molecular weight is 276 g/mol. The zero-order valence-electron chi connectivity index (χ0n) is 10.9. The molecule has 0 aliphatic carbocycles. The molecule has 0 bridgehead atoms. The van der Waals surface area contributed by atoms with Crippen molar-refractivity contribution in [3.05, 3.63) is 48.2 Å². The van der Waals surface area contributed by atoms with E-state index in [0.29, 0.717) is 31.7 Å². The van der Waals surface area contributed by atoms with Gasteiger partial charge in [-0.3, -0.25) is 9.78 Å². The average Bonchev–Trinajstić information content (AvgIpc) is 2.95. The van der Waals surface area contributed by atoms with E-state index in [4.69, 9.17) is 9.15 Å². The molecular formula is C14H16N2O4. The standard InChI is InChI=1S/C14H16N2O4/c17-12-7-11(8-15-9-12)14(18)16-4-2-5-19-10-13-3-1-6-20-13/h1,3,6-9,17H,2,4-5,10H2,(H,16,18). The lowest BCUT2D eigenvalue weighted by atomic mass is 10.2. The molecule has 2 aromatic rings. The lowest BCUT2D eigenvalue weighted by molar-refractivity contribution is 0.0916. The van der Waals surface area contributed by atoms with Crippen molar-refractivity contribution in [2.75, 3.05) is 13.2 Å². The summed E-state index contributed by atoms with van der Waals surface area (Å²) in [4.78, 5) is 15.4. The number of carbonyl (C=O) groups is 1. The van der Waals surface area contributed by atoms with Crippen molar-refractivity contribution in [1.29, 1.82) is 0 Å². The van der Waals surface area contributed by atoms with Crippen molar-refractivity contribution in [2.45, 2.75) is 13.0 Å². The summed E-state index contributed by atoms with van der Waals surface area (Å²) in [6.45, 7) is 1.45. The molecule has 0 unspecified atom stereocenters. The van der Waals surface area contributed by atoms with E-state index in [9.17, 15) is 9.90 Å². The van der Waals surface area contributed by atoms with Crippen LogP contribution >= 0.6 is 0 Å². The molecule has 2 N–H and O–H groups in total. The Bertz CT molecular complexity index is 540. The molecule has 106 valence electrons. The fraction of sp³-hybridized carbons (Fsp3) is 0.286. The number of nitrogens with one attached hydrogen (secondary N) is 1. The minimum absolute atomic E-state index is 0.0283. The van der Waals surface area contributed by atoms with Crippen molar-refractivity contribution in [2.24, 2.45) is 0 Å². The molecule has 6 nitrogen and oxygen atoms in total. The number of nitrogens with zero attached hydrogens (tertiary/aromatic N) is 1. The van der Waals surface area contributed by atoms with Crippen LogP contribution in [0.4, 0.5) is 0 Å². The first-order valence-electron chi connectivity index (χ1n) is 6.28. The quantitative estimate of drug-likeness (QED) is 0.752. The van der Waals surface area contributed by atoms with E-state index in [1.807, 2.05) is 12.1 Å². The Morgan fingerprint density at radius 1 is 1.45 bits per heavy atom. The number of hydrogen-bond donors (Lipinski definition) is 2. The van der Waals surface area contributed by atoms with E-state index in [0.717, 1.165) is 5.76 Å². The molecule has 0 radical (unpaired) electrons. The molecule has 2 aromatic heterocycles. The summed E-state index contributed by atoms with van der Waals surface area (Å²) < 4.78 is 10.5. The van der Waals surface area contributed by atoms with Crippen LogP contribution in [0.2, 0.25) is 0 Å². The van der Waals surface area contributed by atoms with Crippen molar-refractivity contribution in [1.82, 2.24) is 10.3 Å². The third kappa shape index (κ3) is 4.40. The summed E-state index contributed by atoms with van der Waals surface area (Å²) >= 11 is 0. The summed E-state index contributed by atoms with van der Waals surface area (Å²) in [5.41, 5.74) is 0.335. The molecule has 0 spiro atoms. The smallest absolute Gasteiger partial charge is 0.252 e. The van der Waals surface area contributed by atoms with E-state index in [1.54, 1.807) is 6.26 Å². The van der Waals surface area contributed by atoms with Crippen LogP contribution in [0.5, 0.6) is 5.75 Å². The highest BCUT2D eigenvalue weighted by atomic mass is 16.5. The second-order valence-electron chi connectivity index (χ2n) is 4.17. The third-order valence-electron chi connectivity index (χ3n) is 2.56. The summed E-state index contributed by atoms with van der Waals surface area (Å²) in [6, 6.07) is 5.02. The zero-order valence-corrected chi connectivity index (χ0v) is 10.9. The van der Waals surface area contributed by atoms with Crippen LogP contribution in [0.3, 0.4) is 0 Å². The predicted octanol–water partition coefficient (Wildman–Crippen LogP) is 1.72. The Hall–Kier alpha value is -2.34. The number of aromatic nitrogens is 1. The minimum atomic E-state index is -0.264. The second kappa shape index (κ2) is 7.30. The number of furan rings is 1. The zero-order chi connectivity index (χ0) is 14.2. The largest absolute Gasteiger partial charge is 0.506 e. The SMILES string of the molecule is O=C(NCCCOCc1ccco1)c1cncc(O)c1. The molecule has 0 atom stereocenters. The van der Waals surface area contributed by atoms with E-state index >= 15 is 0 Å². The summed E-state index contributed by atoms with van der Waals surface area (Å²) in [7, 11) is 0. The van der Waals surface area contributed by atoms with Crippen molar-refractivity contribution < 1.29 is 19.1 Å². The molecule has 0 aliphatic rings. The van der Waals surface area contributed by atoms with E-state index < -0.39 is 0 Å². The van der Waals surface area contributed by atoms with E-state index in [-0.39, 0.29) is 11.7 Å². The Morgan fingerprint density at radius 2 is 2.35 bits per heavy atom. The van der Waals surface area contributed by atoms with Gasteiger partial charge in [-0.25, -0.2) is 0 Å². The number of rotatable bonds is 7. The number of hydrogen-bond acceptors (Lipinski definition) is 5. The molecule has 6 heteroatoms. The second-order valence-corrected chi connectivity index (χ2v) is 4.17. The van der Waals surface area contributed by atoms with Gasteiger partial charge >= 0.3 is 0 Å². The van der Waals surface area contributed by atoms with Crippen LogP contribution in [0.15, 0.2) is 41.3 Å². The van der Waals surface area contributed by atoms with Crippen LogP contribution in [-0.2, 0) is 11.3 Å². The van der Waals surface area contributed by atoms with Crippen molar-refractivity contribution in [3.63, 3.8) is 0 Å². The Labute approximate surface area is 116 Å². The molecule has 2 rings (SSSR count). The fourth-order valence-corrected chi connectivity index (χ4v) is 1.60. The topological polar surface area (TPSA) is 84.6 Å². The highest BCUT2D eigenvalue weighted by Gasteiger charge is 2.05. The van der Waals surface area contributed by atoms with E-state index in [1.165, 1.54) is 18.5 Å². The maximum absolute atomic E-state index is 11.7. The van der Waals surface area contributed by atoms with Crippen LogP contribution < -0.4 is 5.32 Å². The monoisotopic (exact) mass is 276 g/mol. The Morgan fingerprint density at radius 3 is 3.10 bits per heavy atom.